The summed E-state index contributed by atoms with van der Waals surface area (Å²) in [6, 6.07) is 25.0. The minimum absolute atomic E-state index is 0.114. The standard InChI is InChI=1S/C28H29BrN2O4/c1-2-34-27(28(33)30-25(18-32)20-8-4-3-5-9-20)16-19-7-6-10-22(15-19)24-17-26(35-31-24)21-11-13-23(29)14-12-21/h3-15,25-27,32H,2,16-18H2,1H3,(H,30,33)/t25-,26?,27-/m0/s1. The summed E-state index contributed by atoms with van der Waals surface area (Å²) in [5.41, 5.74) is 4.73. The van der Waals surface area contributed by atoms with Gasteiger partial charge in [-0.3, -0.25) is 4.79 Å². The number of amides is 1. The number of halogens is 1. The number of aliphatic hydroxyl groups is 1. The van der Waals surface area contributed by atoms with Crippen LogP contribution in [-0.4, -0.2) is 36.0 Å². The first kappa shape index (κ1) is 25.1. The Kier molecular flexibility index (Phi) is 8.69. The van der Waals surface area contributed by atoms with Crippen molar-refractivity contribution in [2.45, 2.75) is 38.0 Å². The zero-order valence-corrected chi connectivity index (χ0v) is 21.1. The van der Waals surface area contributed by atoms with Crippen molar-refractivity contribution in [2.75, 3.05) is 13.2 Å². The number of hydrogen-bond donors (Lipinski definition) is 2. The number of nitrogens with one attached hydrogen (secondary N) is 1. The fourth-order valence-electron chi connectivity index (χ4n) is 4.11. The molecule has 6 nitrogen and oxygen atoms in total. The van der Waals surface area contributed by atoms with E-state index in [0.29, 0.717) is 19.4 Å². The Morgan fingerprint density at radius 3 is 2.63 bits per heavy atom. The maximum Gasteiger partial charge on any atom is 0.250 e. The smallest absolute Gasteiger partial charge is 0.250 e. The van der Waals surface area contributed by atoms with Crippen LogP contribution < -0.4 is 5.32 Å². The quantitative estimate of drug-likeness (QED) is 0.377. The zero-order chi connectivity index (χ0) is 24.6. The summed E-state index contributed by atoms with van der Waals surface area (Å²) in [4.78, 5) is 18.8. The van der Waals surface area contributed by atoms with Gasteiger partial charge in [0.2, 0.25) is 5.91 Å². The highest BCUT2D eigenvalue weighted by molar-refractivity contribution is 9.10. The maximum atomic E-state index is 13.1. The third kappa shape index (κ3) is 6.57. The van der Waals surface area contributed by atoms with Crippen LogP contribution in [0.3, 0.4) is 0 Å². The van der Waals surface area contributed by atoms with E-state index in [1.54, 1.807) is 0 Å². The SMILES string of the molecule is CCO[C@@H](Cc1cccc(C2=NOC(c3ccc(Br)cc3)C2)c1)C(=O)N[C@@H](CO)c1ccccc1. The van der Waals surface area contributed by atoms with Crippen molar-refractivity contribution in [3.05, 3.63) is 106 Å². The summed E-state index contributed by atoms with van der Waals surface area (Å²) >= 11 is 3.46. The summed E-state index contributed by atoms with van der Waals surface area (Å²) in [7, 11) is 0. The largest absolute Gasteiger partial charge is 0.394 e. The van der Waals surface area contributed by atoms with Crippen molar-refractivity contribution in [2.24, 2.45) is 5.16 Å². The van der Waals surface area contributed by atoms with E-state index in [1.165, 1.54) is 0 Å². The van der Waals surface area contributed by atoms with Crippen LogP contribution in [0.5, 0.6) is 0 Å². The van der Waals surface area contributed by atoms with E-state index in [0.717, 1.165) is 32.4 Å². The van der Waals surface area contributed by atoms with Gasteiger partial charge in [0.05, 0.1) is 18.4 Å². The number of ether oxygens (including phenoxy) is 1. The lowest BCUT2D eigenvalue weighted by Crippen LogP contribution is -2.41. The van der Waals surface area contributed by atoms with Crippen molar-refractivity contribution in [3.8, 4) is 0 Å². The van der Waals surface area contributed by atoms with Gasteiger partial charge >= 0.3 is 0 Å². The molecule has 0 aliphatic carbocycles. The Hall–Kier alpha value is -3.00. The molecule has 0 spiro atoms. The number of carbonyl (C=O) groups excluding carboxylic acids is 1. The van der Waals surface area contributed by atoms with Crippen molar-refractivity contribution in [1.29, 1.82) is 0 Å². The van der Waals surface area contributed by atoms with Crippen molar-refractivity contribution in [3.63, 3.8) is 0 Å². The van der Waals surface area contributed by atoms with Crippen LogP contribution in [0, 0.1) is 0 Å². The van der Waals surface area contributed by atoms with Gasteiger partial charge in [0.1, 0.15) is 6.10 Å². The number of oxime groups is 1. The van der Waals surface area contributed by atoms with E-state index < -0.39 is 12.1 Å². The third-order valence-electron chi connectivity index (χ3n) is 5.95. The molecule has 0 saturated carbocycles. The molecule has 3 atom stereocenters. The average molecular weight is 537 g/mol. The zero-order valence-electron chi connectivity index (χ0n) is 19.6. The minimum atomic E-state index is -0.676. The van der Waals surface area contributed by atoms with E-state index in [4.69, 9.17) is 9.57 Å². The van der Waals surface area contributed by atoms with E-state index >= 15 is 0 Å². The molecular weight excluding hydrogens is 508 g/mol. The number of aliphatic hydroxyl groups excluding tert-OH is 1. The topological polar surface area (TPSA) is 80.2 Å². The molecule has 4 rings (SSSR count). The molecule has 1 amide bonds. The van der Waals surface area contributed by atoms with Gasteiger partial charge in [-0.25, -0.2) is 0 Å². The lowest BCUT2D eigenvalue weighted by atomic mass is 9.97. The van der Waals surface area contributed by atoms with Crippen molar-refractivity contribution < 1.29 is 19.5 Å². The van der Waals surface area contributed by atoms with Crippen molar-refractivity contribution >= 4 is 27.5 Å². The molecule has 3 aromatic carbocycles. The van der Waals surface area contributed by atoms with Gasteiger partial charge in [0, 0.05) is 23.9 Å². The summed E-state index contributed by atoms with van der Waals surface area (Å²) in [6.07, 6.45) is 0.294. The molecule has 7 heteroatoms. The van der Waals surface area contributed by atoms with Crippen LogP contribution in [0.1, 0.15) is 47.7 Å². The third-order valence-corrected chi connectivity index (χ3v) is 6.48. The summed E-state index contributed by atoms with van der Waals surface area (Å²) < 4.78 is 6.81. The number of benzene rings is 3. The summed E-state index contributed by atoms with van der Waals surface area (Å²) in [5.74, 6) is -0.253. The summed E-state index contributed by atoms with van der Waals surface area (Å²) in [5, 5.41) is 17.1. The highest BCUT2D eigenvalue weighted by Crippen LogP contribution is 2.30. The molecule has 0 saturated heterocycles. The Labute approximate surface area is 214 Å². The Morgan fingerprint density at radius 1 is 1.14 bits per heavy atom. The van der Waals surface area contributed by atoms with Crippen LogP contribution >= 0.6 is 15.9 Å². The second-order valence-corrected chi connectivity index (χ2v) is 9.31. The first-order valence-electron chi connectivity index (χ1n) is 11.7. The van der Waals surface area contributed by atoms with E-state index in [9.17, 15) is 9.90 Å². The normalized spacial score (nSPS) is 16.8. The van der Waals surface area contributed by atoms with Gasteiger partial charge in [0.25, 0.3) is 0 Å². The average Bonchev–Trinajstić information content (AvgIpc) is 3.38. The molecule has 2 N–H and O–H groups in total. The second kappa shape index (κ2) is 12.1. The fraction of sp³-hybridized carbons (Fsp3) is 0.286. The van der Waals surface area contributed by atoms with Gasteiger partial charge in [-0.2, -0.15) is 0 Å². The summed E-state index contributed by atoms with van der Waals surface area (Å²) in [6.45, 7) is 2.08. The van der Waals surface area contributed by atoms with Crippen LogP contribution in [-0.2, 0) is 20.8 Å². The number of hydrogen-bond acceptors (Lipinski definition) is 5. The second-order valence-electron chi connectivity index (χ2n) is 8.39. The molecule has 182 valence electrons. The molecule has 35 heavy (non-hydrogen) atoms. The molecular formula is C28H29BrN2O4. The first-order valence-corrected chi connectivity index (χ1v) is 12.5. The van der Waals surface area contributed by atoms with Gasteiger partial charge in [-0.05, 0) is 47.4 Å². The van der Waals surface area contributed by atoms with Crippen LogP contribution in [0.15, 0.2) is 88.5 Å². The molecule has 3 aromatic rings. The molecule has 1 heterocycles. The number of carbonyl (C=O) groups is 1. The predicted octanol–water partition coefficient (Wildman–Crippen LogP) is 5.11. The van der Waals surface area contributed by atoms with E-state index in [2.05, 4.69) is 26.4 Å². The molecule has 1 aliphatic rings. The maximum absolute atomic E-state index is 13.1. The predicted molar refractivity (Wildman–Crippen MR) is 139 cm³/mol. The molecule has 1 unspecified atom stereocenters. The van der Waals surface area contributed by atoms with Crippen LogP contribution in [0.25, 0.3) is 0 Å². The molecule has 0 bridgehead atoms. The molecule has 1 aliphatic heterocycles. The lowest BCUT2D eigenvalue weighted by molar-refractivity contribution is -0.133. The van der Waals surface area contributed by atoms with E-state index in [-0.39, 0.29) is 18.6 Å². The Morgan fingerprint density at radius 2 is 1.91 bits per heavy atom. The number of nitrogens with zero attached hydrogens (tertiary/aromatic N) is 1. The highest BCUT2D eigenvalue weighted by Gasteiger charge is 2.26. The van der Waals surface area contributed by atoms with Gasteiger partial charge in [-0.15, -0.1) is 0 Å². The number of rotatable bonds is 10. The van der Waals surface area contributed by atoms with Gasteiger partial charge in [-0.1, -0.05) is 81.7 Å². The van der Waals surface area contributed by atoms with Crippen LogP contribution in [0.4, 0.5) is 0 Å². The molecule has 0 fully saturated rings. The van der Waals surface area contributed by atoms with Gasteiger partial charge < -0.3 is 20.0 Å². The van der Waals surface area contributed by atoms with Crippen molar-refractivity contribution in [1.82, 2.24) is 5.32 Å². The lowest BCUT2D eigenvalue weighted by Gasteiger charge is -2.22. The minimum Gasteiger partial charge on any atom is -0.394 e. The highest BCUT2D eigenvalue weighted by atomic mass is 79.9. The monoisotopic (exact) mass is 536 g/mol. The fourth-order valence-corrected chi connectivity index (χ4v) is 4.37. The molecule has 0 radical (unpaired) electrons. The Bertz CT molecular complexity index is 1150. The van der Waals surface area contributed by atoms with Crippen LogP contribution in [0.2, 0.25) is 0 Å². The first-order chi connectivity index (χ1) is 17.1. The Balaban J connectivity index is 1.43. The molecule has 0 aromatic heterocycles. The van der Waals surface area contributed by atoms with Gasteiger partial charge in [0.15, 0.2) is 6.10 Å². The van der Waals surface area contributed by atoms with E-state index in [1.807, 2.05) is 85.8 Å².